The summed E-state index contributed by atoms with van der Waals surface area (Å²) >= 11 is 0. The highest BCUT2D eigenvalue weighted by Crippen LogP contribution is 2.07. The maximum absolute atomic E-state index is 9.64. The Morgan fingerprint density at radius 1 is 1.15 bits per heavy atom. The Kier molecular flexibility index (Phi) is 6.97. The van der Waals surface area contributed by atoms with E-state index in [9.17, 15) is 9.59 Å². The highest BCUT2D eigenvalue weighted by atomic mass is 16.4. The molecule has 1 aromatic heterocycles. The Bertz CT molecular complexity index is 407. The van der Waals surface area contributed by atoms with Crippen molar-refractivity contribution in [2.75, 3.05) is 31.1 Å². The highest BCUT2D eigenvalue weighted by molar-refractivity contribution is 5.75. The van der Waals surface area contributed by atoms with E-state index in [1.807, 2.05) is 6.20 Å². The lowest BCUT2D eigenvalue weighted by molar-refractivity contribution is -0.143. The van der Waals surface area contributed by atoms with E-state index >= 15 is 0 Å². The third-order valence-electron chi connectivity index (χ3n) is 2.54. The summed E-state index contributed by atoms with van der Waals surface area (Å²) in [6, 6.07) is 0. The molecule has 0 aliphatic carbocycles. The molecule has 3 N–H and O–H groups in total. The highest BCUT2D eigenvalue weighted by Gasteiger charge is 2.10. The van der Waals surface area contributed by atoms with E-state index in [0.717, 1.165) is 32.0 Å². The Morgan fingerprint density at radius 3 is 2.20 bits per heavy atom. The fraction of sp³-hybridized carbons (Fsp3) is 0.500. The molecule has 8 heteroatoms. The summed E-state index contributed by atoms with van der Waals surface area (Å²) in [5.41, 5.74) is 0. The lowest BCUT2D eigenvalue weighted by atomic mass is 10.3. The predicted molar refractivity (Wildman–Crippen MR) is 71.6 cm³/mol. The van der Waals surface area contributed by atoms with E-state index < -0.39 is 11.9 Å². The number of nitrogens with one attached hydrogen (secondary N) is 1. The van der Waals surface area contributed by atoms with Crippen LogP contribution in [0.3, 0.4) is 0 Å². The van der Waals surface area contributed by atoms with Crippen molar-refractivity contribution < 1.29 is 19.8 Å². The zero-order valence-electron chi connectivity index (χ0n) is 11.0. The molecular formula is C12H18N4O4. The van der Waals surface area contributed by atoms with Gasteiger partial charge in [0, 0.05) is 38.6 Å². The first-order chi connectivity index (χ1) is 9.59. The van der Waals surface area contributed by atoms with Crippen LogP contribution in [0.5, 0.6) is 0 Å². The Hall–Kier alpha value is -2.22. The molecule has 0 atom stereocenters. The largest absolute Gasteiger partial charge is 0.481 e. The van der Waals surface area contributed by atoms with E-state index in [0.29, 0.717) is 0 Å². The van der Waals surface area contributed by atoms with Crippen molar-refractivity contribution in [2.24, 2.45) is 0 Å². The summed E-state index contributed by atoms with van der Waals surface area (Å²) in [7, 11) is 0. The second-order valence-corrected chi connectivity index (χ2v) is 4.09. The van der Waals surface area contributed by atoms with Crippen molar-refractivity contribution in [2.45, 2.75) is 12.8 Å². The van der Waals surface area contributed by atoms with E-state index in [1.54, 1.807) is 12.4 Å². The molecule has 2 heterocycles. The smallest absolute Gasteiger partial charge is 0.303 e. The van der Waals surface area contributed by atoms with Gasteiger partial charge in [0.1, 0.15) is 5.82 Å². The molecular weight excluding hydrogens is 264 g/mol. The van der Waals surface area contributed by atoms with Crippen LogP contribution in [-0.2, 0) is 9.59 Å². The molecule has 0 spiro atoms. The number of rotatable bonds is 4. The first-order valence-corrected chi connectivity index (χ1v) is 6.25. The minimum absolute atomic E-state index is 0.296. The number of carboxylic acid groups (broad SMARTS) is 2. The van der Waals surface area contributed by atoms with Crippen LogP contribution in [0.2, 0.25) is 0 Å². The van der Waals surface area contributed by atoms with Crippen molar-refractivity contribution in [1.29, 1.82) is 0 Å². The van der Waals surface area contributed by atoms with E-state index in [-0.39, 0.29) is 12.8 Å². The van der Waals surface area contributed by atoms with Crippen LogP contribution in [0.15, 0.2) is 18.6 Å². The standard InChI is InChI=1S/C8H12N4.C4H6O4/c1-2-11-8(7-10-1)12-5-3-9-4-6-12;5-3(6)1-2-4(7)8/h1-2,7,9H,3-6H2;1-2H2,(H,5,6)(H,7,8). The van der Waals surface area contributed by atoms with Crippen LogP contribution < -0.4 is 10.2 Å². The van der Waals surface area contributed by atoms with E-state index in [1.165, 1.54) is 0 Å². The number of carboxylic acids is 2. The van der Waals surface area contributed by atoms with Gasteiger partial charge < -0.3 is 20.4 Å². The van der Waals surface area contributed by atoms with Gasteiger partial charge in [-0.3, -0.25) is 14.6 Å². The van der Waals surface area contributed by atoms with Gasteiger partial charge in [0.25, 0.3) is 0 Å². The molecule has 0 saturated carbocycles. The number of carbonyl (C=O) groups is 2. The van der Waals surface area contributed by atoms with Crippen LogP contribution in [0.1, 0.15) is 12.8 Å². The molecule has 0 bridgehead atoms. The number of nitrogens with zero attached hydrogens (tertiary/aromatic N) is 3. The van der Waals surface area contributed by atoms with Crippen LogP contribution in [-0.4, -0.2) is 58.3 Å². The number of hydrogen-bond donors (Lipinski definition) is 3. The maximum Gasteiger partial charge on any atom is 0.303 e. The topological polar surface area (TPSA) is 116 Å². The van der Waals surface area contributed by atoms with Gasteiger partial charge in [0.05, 0.1) is 19.0 Å². The molecule has 1 saturated heterocycles. The quantitative estimate of drug-likeness (QED) is 0.696. The van der Waals surface area contributed by atoms with Crippen LogP contribution in [0.25, 0.3) is 0 Å². The summed E-state index contributed by atoms with van der Waals surface area (Å²) in [4.78, 5) is 29.8. The fourth-order valence-electron chi connectivity index (χ4n) is 1.56. The Balaban J connectivity index is 0.000000221. The number of piperazine rings is 1. The van der Waals surface area contributed by atoms with Crippen molar-refractivity contribution in [1.82, 2.24) is 15.3 Å². The summed E-state index contributed by atoms with van der Waals surface area (Å²) < 4.78 is 0. The van der Waals surface area contributed by atoms with Gasteiger partial charge in [-0.1, -0.05) is 0 Å². The minimum Gasteiger partial charge on any atom is -0.481 e. The van der Waals surface area contributed by atoms with Crippen molar-refractivity contribution in [3.05, 3.63) is 18.6 Å². The summed E-state index contributed by atoms with van der Waals surface area (Å²) in [6.07, 6.45) is 4.65. The second kappa shape index (κ2) is 8.81. The van der Waals surface area contributed by atoms with Crippen molar-refractivity contribution in [3.8, 4) is 0 Å². The molecule has 1 aromatic rings. The monoisotopic (exact) mass is 282 g/mol. The van der Waals surface area contributed by atoms with Gasteiger partial charge in [-0.15, -0.1) is 0 Å². The molecule has 0 aromatic carbocycles. The fourth-order valence-corrected chi connectivity index (χ4v) is 1.56. The van der Waals surface area contributed by atoms with Gasteiger partial charge in [-0.25, -0.2) is 4.98 Å². The SMILES string of the molecule is O=C(O)CCC(=O)O.c1cnc(N2CCNCC2)cn1. The zero-order valence-corrected chi connectivity index (χ0v) is 11.0. The van der Waals surface area contributed by atoms with Gasteiger partial charge >= 0.3 is 11.9 Å². The lowest BCUT2D eigenvalue weighted by Gasteiger charge is -2.27. The van der Waals surface area contributed by atoms with E-state index in [2.05, 4.69) is 20.2 Å². The van der Waals surface area contributed by atoms with Crippen molar-refractivity contribution in [3.63, 3.8) is 0 Å². The molecule has 110 valence electrons. The number of hydrogen-bond acceptors (Lipinski definition) is 6. The number of anilines is 1. The van der Waals surface area contributed by atoms with Crippen molar-refractivity contribution >= 4 is 17.8 Å². The van der Waals surface area contributed by atoms with Gasteiger partial charge in [0.15, 0.2) is 0 Å². The van der Waals surface area contributed by atoms with Crippen LogP contribution >= 0.6 is 0 Å². The molecule has 1 aliphatic heterocycles. The molecule has 20 heavy (non-hydrogen) atoms. The summed E-state index contributed by atoms with van der Waals surface area (Å²) in [5, 5.41) is 19.1. The molecule has 1 fully saturated rings. The average molecular weight is 282 g/mol. The molecule has 8 nitrogen and oxygen atoms in total. The molecule has 2 rings (SSSR count). The molecule has 1 aliphatic rings. The first-order valence-electron chi connectivity index (χ1n) is 6.25. The molecule has 0 radical (unpaired) electrons. The Labute approximate surface area is 116 Å². The van der Waals surface area contributed by atoms with E-state index in [4.69, 9.17) is 10.2 Å². The van der Waals surface area contributed by atoms with Gasteiger partial charge in [-0.05, 0) is 0 Å². The number of aromatic nitrogens is 2. The lowest BCUT2D eigenvalue weighted by Crippen LogP contribution is -2.43. The zero-order chi connectivity index (χ0) is 14.8. The van der Waals surface area contributed by atoms with Gasteiger partial charge in [-0.2, -0.15) is 0 Å². The third kappa shape index (κ3) is 6.64. The number of aliphatic carboxylic acids is 2. The second-order valence-electron chi connectivity index (χ2n) is 4.09. The predicted octanol–water partition coefficient (Wildman–Crippen LogP) is -0.178. The normalized spacial score (nSPS) is 14.1. The van der Waals surface area contributed by atoms with Gasteiger partial charge in [0.2, 0.25) is 0 Å². The third-order valence-corrected chi connectivity index (χ3v) is 2.54. The Morgan fingerprint density at radius 2 is 1.75 bits per heavy atom. The summed E-state index contributed by atoms with van der Waals surface area (Å²) in [5.74, 6) is -1.17. The van der Waals surface area contributed by atoms with Crippen LogP contribution in [0.4, 0.5) is 5.82 Å². The van der Waals surface area contributed by atoms with Crippen LogP contribution in [0, 0.1) is 0 Å². The molecule has 0 amide bonds. The summed E-state index contributed by atoms with van der Waals surface area (Å²) in [6.45, 7) is 4.13. The molecule has 0 unspecified atom stereocenters. The maximum atomic E-state index is 9.64. The minimum atomic E-state index is -1.08. The average Bonchev–Trinajstić information content (AvgIpc) is 2.48. The first kappa shape index (κ1) is 15.8.